The number of carbonyl (C=O) groups is 1. The minimum atomic E-state index is -0.251. The number of amidine groups is 1. The van der Waals surface area contributed by atoms with E-state index in [0.717, 1.165) is 59.8 Å². The molecule has 0 spiro atoms. The highest BCUT2D eigenvalue weighted by Gasteiger charge is 2.39. The summed E-state index contributed by atoms with van der Waals surface area (Å²) in [4.78, 5) is 21.6. The Morgan fingerprint density at radius 1 is 0.973 bits per heavy atom. The number of benzene rings is 2. The van der Waals surface area contributed by atoms with E-state index in [1.807, 2.05) is 11.0 Å². The molecule has 0 aromatic heterocycles. The van der Waals surface area contributed by atoms with Crippen molar-refractivity contribution in [2.75, 3.05) is 0 Å². The average molecular weight is 744 g/mol. The van der Waals surface area contributed by atoms with Crippen molar-refractivity contribution < 1.29 is 13.9 Å². The van der Waals surface area contributed by atoms with Crippen molar-refractivity contribution in [3.05, 3.63) is 65.4 Å². The minimum Gasteiger partial charge on any atom is -0.487 e. The van der Waals surface area contributed by atoms with Gasteiger partial charge < -0.3 is 4.74 Å². The number of ether oxygens (including phenoxy) is 1. The van der Waals surface area contributed by atoms with Gasteiger partial charge >= 0.3 is 0 Å². The predicted octanol–water partition coefficient (Wildman–Crippen LogP) is 8.55. The highest BCUT2D eigenvalue weighted by Crippen LogP contribution is 2.39. The second kappa shape index (κ2) is 12.8. The molecule has 0 unspecified atom stereocenters. The number of nitrogens with zero attached hydrogens (tertiary/aromatic N) is 2. The molecule has 3 fully saturated rings. The smallest absolute Gasteiger partial charge is 0.266 e. The van der Waals surface area contributed by atoms with Crippen molar-refractivity contribution in [3.8, 4) is 5.75 Å². The van der Waals surface area contributed by atoms with Gasteiger partial charge in [0.15, 0.2) is 5.17 Å². The number of rotatable bonds is 6. The van der Waals surface area contributed by atoms with E-state index in [1.165, 1.54) is 50.7 Å². The molecule has 0 atom stereocenters. The first kappa shape index (κ1) is 27.4. The molecule has 0 N–H and O–H groups in total. The fourth-order valence-corrected chi connectivity index (χ4v) is 8.53. The van der Waals surface area contributed by atoms with Crippen LogP contribution in [-0.4, -0.2) is 28.1 Å². The lowest BCUT2D eigenvalue weighted by atomic mass is 9.94. The molecule has 0 bridgehead atoms. The predicted molar refractivity (Wildman–Crippen MR) is 166 cm³/mol. The summed E-state index contributed by atoms with van der Waals surface area (Å²) in [6, 6.07) is 11.1. The molecule has 0 radical (unpaired) electrons. The Labute approximate surface area is 250 Å². The molecule has 1 aliphatic heterocycles. The highest BCUT2D eigenvalue weighted by atomic mass is 127. The lowest BCUT2D eigenvalue weighted by Crippen LogP contribution is -2.41. The van der Waals surface area contributed by atoms with Crippen molar-refractivity contribution in [3.63, 3.8) is 0 Å². The maximum Gasteiger partial charge on any atom is 0.266 e. The number of carbonyl (C=O) groups excluding carboxylic acids is 1. The van der Waals surface area contributed by atoms with Crippen LogP contribution in [0.5, 0.6) is 5.75 Å². The number of halogens is 3. The molecular weight excluding hydrogens is 713 g/mol. The third kappa shape index (κ3) is 6.90. The molecule has 2 aromatic carbocycles. The number of hydrogen-bond acceptors (Lipinski definition) is 4. The van der Waals surface area contributed by atoms with E-state index in [1.54, 1.807) is 23.9 Å². The van der Waals surface area contributed by atoms with Gasteiger partial charge in [-0.2, -0.15) is 0 Å². The maximum atomic E-state index is 13.7. The SMILES string of the molecule is O=C1C(=Cc2cc(I)c(OCc3ccc(F)cc3)c(I)c2)SC(=NC2CCCCC2)N1C1CCCCC1. The maximum absolute atomic E-state index is 13.7. The van der Waals surface area contributed by atoms with Gasteiger partial charge in [-0.25, -0.2) is 4.39 Å². The van der Waals surface area contributed by atoms with Crippen LogP contribution in [0.1, 0.15) is 75.3 Å². The zero-order chi connectivity index (χ0) is 25.8. The van der Waals surface area contributed by atoms with E-state index in [9.17, 15) is 9.18 Å². The Morgan fingerprint density at radius 3 is 2.24 bits per heavy atom. The summed E-state index contributed by atoms with van der Waals surface area (Å²) in [5, 5.41) is 0.915. The number of amides is 1. The van der Waals surface area contributed by atoms with E-state index in [4.69, 9.17) is 9.73 Å². The summed E-state index contributed by atoms with van der Waals surface area (Å²) < 4.78 is 21.2. The first-order valence-electron chi connectivity index (χ1n) is 13.1. The van der Waals surface area contributed by atoms with Gasteiger partial charge in [0.1, 0.15) is 18.2 Å². The van der Waals surface area contributed by atoms with Crippen molar-refractivity contribution in [2.45, 2.75) is 82.9 Å². The minimum absolute atomic E-state index is 0.105. The van der Waals surface area contributed by atoms with Crippen molar-refractivity contribution >= 4 is 74.1 Å². The van der Waals surface area contributed by atoms with Gasteiger partial charge in [-0.3, -0.25) is 14.7 Å². The fourth-order valence-electron chi connectivity index (χ4n) is 5.29. The second-order valence-electron chi connectivity index (χ2n) is 10.0. The first-order chi connectivity index (χ1) is 18.0. The molecule has 8 heteroatoms. The Balaban J connectivity index is 1.37. The van der Waals surface area contributed by atoms with Gasteiger partial charge in [0.25, 0.3) is 5.91 Å². The molecular formula is C29H31FI2N2O2S. The fraction of sp³-hybridized carbons (Fsp3) is 0.448. The summed E-state index contributed by atoms with van der Waals surface area (Å²) in [5.41, 5.74) is 1.90. The zero-order valence-electron chi connectivity index (χ0n) is 20.7. The van der Waals surface area contributed by atoms with E-state index in [2.05, 4.69) is 57.3 Å². The lowest BCUT2D eigenvalue weighted by Gasteiger charge is -2.31. The number of hydrogen-bond donors (Lipinski definition) is 0. The third-order valence-corrected chi connectivity index (χ3v) is 9.86. The normalized spacial score (nSPS) is 21.8. The quantitative estimate of drug-likeness (QED) is 0.220. The molecule has 4 nitrogen and oxygen atoms in total. The van der Waals surface area contributed by atoms with Gasteiger partial charge in [-0.15, -0.1) is 0 Å². The summed E-state index contributed by atoms with van der Waals surface area (Å²) in [6.45, 7) is 0.373. The van der Waals surface area contributed by atoms with E-state index in [-0.39, 0.29) is 17.8 Å². The lowest BCUT2D eigenvalue weighted by molar-refractivity contribution is -0.124. The topological polar surface area (TPSA) is 41.9 Å². The average Bonchev–Trinajstić information content (AvgIpc) is 3.19. The van der Waals surface area contributed by atoms with Gasteiger partial charge in [-0.05, 0) is 124 Å². The standard InChI is InChI=1S/C29H31FI2N2O2S/c30-21-13-11-19(12-14-21)18-36-27-24(31)15-20(16-25(27)32)17-26-28(35)34(23-9-5-2-6-10-23)29(37-26)33-22-7-3-1-4-8-22/h11-17,22-23H,1-10,18H2. The molecule has 2 aliphatic carbocycles. The number of thioether (sulfide) groups is 1. The van der Waals surface area contributed by atoms with Gasteiger partial charge in [-0.1, -0.05) is 50.7 Å². The van der Waals surface area contributed by atoms with Crippen LogP contribution < -0.4 is 4.74 Å². The number of aliphatic imine (C=N–C) groups is 1. The summed E-state index contributed by atoms with van der Waals surface area (Å²) >= 11 is 6.13. The summed E-state index contributed by atoms with van der Waals surface area (Å²) in [7, 11) is 0. The van der Waals surface area contributed by atoms with E-state index >= 15 is 0 Å². The highest BCUT2D eigenvalue weighted by molar-refractivity contribution is 14.1. The van der Waals surface area contributed by atoms with Crippen molar-refractivity contribution in [2.24, 2.45) is 4.99 Å². The monoisotopic (exact) mass is 744 g/mol. The molecule has 1 amide bonds. The second-order valence-corrected chi connectivity index (χ2v) is 13.3. The molecule has 3 aliphatic rings. The third-order valence-electron chi connectivity index (χ3n) is 7.26. The molecule has 1 heterocycles. The van der Waals surface area contributed by atoms with Crippen LogP contribution >= 0.6 is 56.9 Å². The van der Waals surface area contributed by atoms with Crippen LogP contribution in [0, 0.1) is 13.0 Å². The Bertz CT molecular complexity index is 1170. The van der Waals surface area contributed by atoms with Crippen LogP contribution in [0.3, 0.4) is 0 Å². The zero-order valence-corrected chi connectivity index (χ0v) is 25.9. The van der Waals surface area contributed by atoms with Crippen molar-refractivity contribution in [1.82, 2.24) is 4.90 Å². The molecule has 5 rings (SSSR count). The van der Waals surface area contributed by atoms with Gasteiger partial charge in [0, 0.05) is 6.04 Å². The molecule has 37 heavy (non-hydrogen) atoms. The van der Waals surface area contributed by atoms with Crippen LogP contribution in [0.25, 0.3) is 6.08 Å². The Hall–Kier alpha value is -1.14. The molecule has 2 saturated carbocycles. The summed E-state index contributed by atoms with van der Waals surface area (Å²) in [6.07, 6.45) is 13.8. The van der Waals surface area contributed by atoms with E-state index in [0.29, 0.717) is 12.6 Å². The van der Waals surface area contributed by atoms with Crippen LogP contribution in [0.2, 0.25) is 0 Å². The van der Waals surface area contributed by atoms with E-state index < -0.39 is 0 Å². The van der Waals surface area contributed by atoms with Crippen LogP contribution in [0.4, 0.5) is 4.39 Å². The Kier molecular flexibility index (Phi) is 9.49. The molecule has 2 aromatic rings. The molecule has 1 saturated heterocycles. The van der Waals surface area contributed by atoms with Gasteiger partial charge in [0.2, 0.25) is 0 Å². The van der Waals surface area contributed by atoms with Gasteiger partial charge in [0.05, 0.1) is 18.1 Å². The Morgan fingerprint density at radius 2 is 1.59 bits per heavy atom. The first-order valence-corrected chi connectivity index (χ1v) is 16.1. The van der Waals surface area contributed by atoms with Crippen molar-refractivity contribution in [1.29, 1.82) is 0 Å². The summed E-state index contributed by atoms with van der Waals surface area (Å²) in [5.74, 6) is 0.660. The molecule has 196 valence electrons. The van der Waals surface area contributed by atoms with Crippen LogP contribution in [-0.2, 0) is 11.4 Å². The largest absolute Gasteiger partial charge is 0.487 e. The van der Waals surface area contributed by atoms with Crippen LogP contribution in [0.15, 0.2) is 46.3 Å².